The van der Waals surface area contributed by atoms with Gasteiger partial charge in [-0.3, -0.25) is 4.79 Å². The van der Waals surface area contributed by atoms with Crippen LogP contribution in [0.15, 0.2) is 0 Å². The van der Waals surface area contributed by atoms with E-state index in [9.17, 15) is 4.79 Å². The van der Waals surface area contributed by atoms with E-state index in [4.69, 9.17) is 5.73 Å². The average molecular weight is 167 g/mol. The van der Waals surface area contributed by atoms with E-state index in [-0.39, 0.29) is 5.41 Å². The van der Waals surface area contributed by atoms with Crippen molar-refractivity contribution in [1.82, 2.24) is 0 Å². The summed E-state index contributed by atoms with van der Waals surface area (Å²) in [5, 5.41) is 0. The summed E-state index contributed by atoms with van der Waals surface area (Å²) >= 11 is 0. The SMILES string of the molecule is N[C@H]1CCC[C@]2(CCCC2=O)C1. The molecule has 2 nitrogen and oxygen atoms in total. The van der Waals surface area contributed by atoms with Crippen molar-refractivity contribution in [3.8, 4) is 0 Å². The number of hydrogen-bond acceptors (Lipinski definition) is 2. The van der Waals surface area contributed by atoms with Crippen molar-refractivity contribution in [2.75, 3.05) is 0 Å². The largest absolute Gasteiger partial charge is 0.328 e. The normalized spacial score (nSPS) is 42.4. The molecule has 0 aromatic heterocycles. The maximum absolute atomic E-state index is 11.6. The second-order valence-corrected chi connectivity index (χ2v) is 4.41. The van der Waals surface area contributed by atoms with E-state index in [1.165, 1.54) is 0 Å². The molecule has 2 rings (SSSR count). The van der Waals surface area contributed by atoms with Gasteiger partial charge in [0.2, 0.25) is 0 Å². The Labute approximate surface area is 73.5 Å². The van der Waals surface area contributed by atoms with Crippen molar-refractivity contribution in [2.24, 2.45) is 11.1 Å². The molecule has 0 saturated heterocycles. The van der Waals surface area contributed by atoms with Crippen LogP contribution in [-0.2, 0) is 4.79 Å². The molecular formula is C10H17NO. The van der Waals surface area contributed by atoms with Gasteiger partial charge in [-0.25, -0.2) is 0 Å². The Balaban J connectivity index is 2.13. The first-order valence-corrected chi connectivity index (χ1v) is 5.02. The number of rotatable bonds is 0. The molecule has 0 aliphatic heterocycles. The lowest BCUT2D eigenvalue weighted by atomic mass is 9.70. The number of Topliss-reactive ketones (excluding diaryl/α,β-unsaturated/α-hetero) is 1. The summed E-state index contributed by atoms with van der Waals surface area (Å²) in [7, 11) is 0. The Morgan fingerprint density at radius 1 is 1.33 bits per heavy atom. The van der Waals surface area contributed by atoms with Gasteiger partial charge in [0.1, 0.15) is 5.78 Å². The number of nitrogens with two attached hydrogens (primary N) is 1. The van der Waals surface area contributed by atoms with Gasteiger partial charge in [-0.2, -0.15) is 0 Å². The van der Waals surface area contributed by atoms with Crippen LogP contribution in [0.4, 0.5) is 0 Å². The number of carbonyl (C=O) groups excluding carboxylic acids is 1. The number of hydrogen-bond donors (Lipinski definition) is 1. The van der Waals surface area contributed by atoms with E-state index in [0.717, 1.165) is 44.9 Å². The smallest absolute Gasteiger partial charge is 0.139 e. The lowest BCUT2D eigenvalue weighted by Crippen LogP contribution is -2.38. The van der Waals surface area contributed by atoms with Crippen molar-refractivity contribution in [3.05, 3.63) is 0 Å². The molecule has 2 saturated carbocycles. The maximum atomic E-state index is 11.6. The first-order chi connectivity index (χ1) is 5.73. The van der Waals surface area contributed by atoms with Crippen molar-refractivity contribution in [3.63, 3.8) is 0 Å². The molecule has 0 amide bonds. The second kappa shape index (κ2) is 2.84. The number of carbonyl (C=O) groups is 1. The Morgan fingerprint density at radius 3 is 2.67 bits per heavy atom. The number of ketones is 1. The molecule has 1 spiro atoms. The van der Waals surface area contributed by atoms with Crippen LogP contribution in [-0.4, -0.2) is 11.8 Å². The molecule has 2 fully saturated rings. The van der Waals surface area contributed by atoms with Crippen LogP contribution in [0.3, 0.4) is 0 Å². The van der Waals surface area contributed by atoms with Crippen molar-refractivity contribution in [2.45, 2.75) is 51.0 Å². The standard InChI is InChI=1S/C10H17NO/c11-8-3-1-5-10(7-8)6-2-4-9(10)12/h8H,1-7,11H2/t8-,10-/m0/s1. The minimum atomic E-state index is 0.0394. The molecular weight excluding hydrogens is 150 g/mol. The molecule has 2 heteroatoms. The summed E-state index contributed by atoms with van der Waals surface area (Å²) < 4.78 is 0. The van der Waals surface area contributed by atoms with Crippen LogP contribution in [0.25, 0.3) is 0 Å². The molecule has 2 N–H and O–H groups in total. The predicted octanol–water partition coefficient (Wildman–Crippen LogP) is 1.63. The van der Waals surface area contributed by atoms with Gasteiger partial charge in [0.15, 0.2) is 0 Å². The summed E-state index contributed by atoms with van der Waals surface area (Å²) in [6.45, 7) is 0. The lowest BCUT2D eigenvalue weighted by molar-refractivity contribution is -0.127. The van der Waals surface area contributed by atoms with Crippen molar-refractivity contribution >= 4 is 5.78 Å². The minimum Gasteiger partial charge on any atom is -0.328 e. The second-order valence-electron chi connectivity index (χ2n) is 4.41. The summed E-state index contributed by atoms with van der Waals surface area (Å²) in [5.74, 6) is 0.498. The molecule has 12 heavy (non-hydrogen) atoms. The van der Waals surface area contributed by atoms with E-state index < -0.39 is 0 Å². The zero-order valence-electron chi connectivity index (χ0n) is 7.51. The first-order valence-electron chi connectivity index (χ1n) is 5.02. The van der Waals surface area contributed by atoms with Crippen LogP contribution < -0.4 is 5.73 Å². The van der Waals surface area contributed by atoms with Gasteiger partial charge in [-0.05, 0) is 32.1 Å². The van der Waals surface area contributed by atoms with Gasteiger partial charge < -0.3 is 5.73 Å². The van der Waals surface area contributed by atoms with E-state index in [1.54, 1.807) is 0 Å². The fourth-order valence-corrected chi connectivity index (χ4v) is 2.88. The fraction of sp³-hybridized carbons (Fsp3) is 0.900. The first kappa shape index (κ1) is 8.24. The van der Waals surface area contributed by atoms with Crippen LogP contribution in [0.1, 0.15) is 44.9 Å². The van der Waals surface area contributed by atoms with Gasteiger partial charge >= 0.3 is 0 Å². The Morgan fingerprint density at radius 2 is 2.08 bits per heavy atom. The molecule has 68 valence electrons. The molecule has 0 aromatic rings. The summed E-state index contributed by atoms with van der Waals surface area (Å²) in [6.07, 6.45) is 7.38. The van der Waals surface area contributed by atoms with E-state index >= 15 is 0 Å². The molecule has 0 unspecified atom stereocenters. The summed E-state index contributed by atoms with van der Waals surface area (Å²) in [5.41, 5.74) is 5.94. The highest BCUT2D eigenvalue weighted by Crippen LogP contribution is 2.45. The topological polar surface area (TPSA) is 43.1 Å². The molecule has 2 atom stereocenters. The van der Waals surface area contributed by atoms with Gasteiger partial charge in [-0.15, -0.1) is 0 Å². The Kier molecular flexibility index (Phi) is 1.95. The van der Waals surface area contributed by atoms with Crippen LogP contribution in [0.5, 0.6) is 0 Å². The van der Waals surface area contributed by atoms with Gasteiger partial charge in [0.25, 0.3) is 0 Å². The third-order valence-electron chi connectivity index (χ3n) is 3.53. The molecule has 2 aliphatic carbocycles. The Hall–Kier alpha value is -0.370. The minimum absolute atomic E-state index is 0.0394. The highest BCUT2D eigenvalue weighted by atomic mass is 16.1. The van der Waals surface area contributed by atoms with Crippen LogP contribution in [0.2, 0.25) is 0 Å². The van der Waals surface area contributed by atoms with Gasteiger partial charge in [0, 0.05) is 17.9 Å². The molecule has 0 radical (unpaired) electrons. The van der Waals surface area contributed by atoms with Gasteiger partial charge in [-0.1, -0.05) is 6.42 Å². The summed E-state index contributed by atoms with van der Waals surface area (Å²) in [4.78, 5) is 11.6. The highest BCUT2D eigenvalue weighted by molar-refractivity contribution is 5.86. The van der Waals surface area contributed by atoms with Crippen LogP contribution in [0, 0.1) is 5.41 Å². The zero-order chi connectivity index (χ0) is 8.60. The molecule has 0 bridgehead atoms. The molecule has 0 heterocycles. The van der Waals surface area contributed by atoms with Crippen LogP contribution >= 0.6 is 0 Å². The monoisotopic (exact) mass is 167 g/mol. The fourth-order valence-electron chi connectivity index (χ4n) is 2.88. The zero-order valence-corrected chi connectivity index (χ0v) is 7.51. The molecule has 2 aliphatic rings. The predicted molar refractivity (Wildman–Crippen MR) is 47.7 cm³/mol. The third kappa shape index (κ3) is 1.18. The summed E-state index contributed by atoms with van der Waals surface area (Å²) in [6, 6.07) is 0.292. The highest BCUT2D eigenvalue weighted by Gasteiger charge is 2.44. The quantitative estimate of drug-likeness (QED) is 0.596. The third-order valence-corrected chi connectivity index (χ3v) is 3.53. The average Bonchev–Trinajstić information content (AvgIpc) is 2.33. The van der Waals surface area contributed by atoms with Gasteiger partial charge in [0.05, 0.1) is 0 Å². The lowest BCUT2D eigenvalue weighted by Gasteiger charge is -2.35. The van der Waals surface area contributed by atoms with Crippen molar-refractivity contribution < 1.29 is 4.79 Å². The van der Waals surface area contributed by atoms with E-state index in [0.29, 0.717) is 11.8 Å². The van der Waals surface area contributed by atoms with Crippen molar-refractivity contribution in [1.29, 1.82) is 0 Å². The van der Waals surface area contributed by atoms with E-state index in [2.05, 4.69) is 0 Å². The molecule has 0 aromatic carbocycles. The maximum Gasteiger partial charge on any atom is 0.139 e. The Bertz CT molecular complexity index is 202. The van der Waals surface area contributed by atoms with E-state index in [1.807, 2.05) is 0 Å².